The zero-order chi connectivity index (χ0) is 23.6. The molecule has 0 saturated carbocycles. The van der Waals surface area contributed by atoms with Crippen molar-refractivity contribution in [1.29, 1.82) is 5.41 Å². The molecule has 11 heteroatoms. The number of nitrogens with one attached hydrogen (secondary N) is 2. The molecule has 32 heavy (non-hydrogen) atoms. The topological polar surface area (TPSA) is 143 Å². The number of nitrogens with two attached hydrogens (primary N) is 1. The van der Waals surface area contributed by atoms with Gasteiger partial charge in [-0.3, -0.25) is 10.2 Å². The van der Waals surface area contributed by atoms with Gasteiger partial charge in [-0.2, -0.15) is 5.10 Å². The highest BCUT2D eigenvalue weighted by Gasteiger charge is 2.22. The van der Waals surface area contributed by atoms with Crippen LogP contribution in [-0.4, -0.2) is 56.0 Å². The van der Waals surface area contributed by atoms with E-state index in [1.807, 2.05) is 0 Å². The van der Waals surface area contributed by atoms with Gasteiger partial charge in [0.25, 0.3) is 5.91 Å². The molecule has 1 aromatic heterocycles. The van der Waals surface area contributed by atoms with Crippen LogP contribution in [0, 0.1) is 12.3 Å². The Morgan fingerprint density at radius 3 is 2.38 bits per heavy atom. The Hall–Kier alpha value is -3.70. The van der Waals surface area contributed by atoms with Crippen LogP contribution >= 0.6 is 0 Å². The number of benzene rings is 2. The summed E-state index contributed by atoms with van der Waals surface area (Å²) in [6.45, 7) is 1.69. The number of carbonyl (C=O) groups is 1. The molecule has 4 N–H and O–H groups in total. The van der Waals surface area contributed by atoms with E-state index in [4.69, 9.17) is 15.3 Å². The number of nitrogens with zero attached hydrogens (tertiary/aromatic N) is 3. The van der Waals surface area contributed by atoms with Crippen LogP contribution in [0.15, 0.2) is 53.4 Å². The fourth-order valence-corrected chi connectivity index (χ4v) is 3.76. The Morgan fingerprint density at radius 2 is 1.81 bits per heavy atom. The second-order valence-corrected chi connectivity index (χ2v) is 8.77. The summed E-state index contributed by atoms with van der Waals surface area (Å²) in [7, 11) is 0.833. The molecule has 1 heterocycles. The number of primary sulfonamides is 1. The molecule has 2 aromatic carbocycles. The van der Waals surface area contributed by atoms with Gasteiger partial charge in [-0.05, 0) is 49.4 Å². The molecule has 1 amide bonds. The summed E-state index contributed by atoms with van der Waals surface area (Å²) >= 11 is 0. The minimum atomic E-state index is -4.12. The Morgan fingerprint density at radius 1 is 1.16 bits per heavy atom. The molecule has 0 fully saturated rings. The van der Waals surface area contributed by atoms with E-state index in [2.05, 4.69) is 10.4 Å². The van der Waals surface area contributed by atoms with Crippen molar-refractivity contribution < 1.29 is 17.9 Å². The van der Waals surface area contributed by atoms with Crippen molar-refractivity contribution in [3.63, 3.8) is 0 Å². The summed E-state index contributed by atoms with van der Waals surface area (Å²) in [6, 6.07) is 12.7. The molecule has 0 saturated heterocycles. The summed E-state index contributed by atoms with van der Waals surface area (Å²) in [5.41, 5.74) is 1.98. The van der Waals surface area contributed by atoms with Gasteiger partial charge >= 0.3 is 0 Å². The number of amides is 1. The van der Waals surface area contributed by atoms with Crippen LogP contribution in [0.4, 0.5) is 5.69 Å². The standard InChI is InChI=1S/C21H24N6O4S/c1-13-11-18(21(28)24-15-7-5-14(6-8-15)20(22)26(2)3)27(25-13)17-10-9-16(31-4)12-19(17)32(23,29)30/h5-12,22H,1-4H3,(H,24,28)(H2,23,29,30). The predicted octanol–water partition coefficient (Wildman–Crippen LogP) is 1.98. The van der Waals surface area contributed by atoms with E-state index in [0.717, 1.165) is 0 Å². The Labute approximate surface area is 186 Å². The normalized spacial score (nSPS) is 11.2. The third-order valence-corrected chi connectivity index (χ3v) is 5.57. The van der Waals surface area contributed by atoms with Crippen LogP contribution in [0.25, 0.3) is 5.69 Å². The van der Waals surface area contributed by atoms with Crippen LogP contribution in [0.5, 0.6) is 5.75 Å². The molecule has 0 unspecified atom stereocenters. The third kappa shape index (κ3) is 4.79. The van der Waals surface area contributed by atoms with Gasteiger partial charge in [0.15, 0.2) is 0 Å². The number of sulfonamides is 1. The first kappa shape index (κ1) is 23.0. The van der Waals surface area contributed by atoms with Crippen LogP contribution in [0.2, 0.25) is 0 Å². The number of hydrogen-bond donors (Lipinski definition) is 3. The highest BCUT2D eigenvalue weighted by Crippen LogP contribution is 2.26. The number of rotatable bonds is 6. The van der Waals surface area contributed by atoms with Crippen LogP contribution in [-0.2, 0) is 10.0 Å². The van der Waals surface area contributed by atoms with Gasteiger partial charge in [0, 0.05) is 31.4 Å². The first-order valence-electron chi connectivity index (χ1n) is 9.47. The molecule has 0 radical (unpaired) electrons. The molecule has 0 aliphatic carbocycles. The summed E-state index contributed by atoms with van der Waals surface area (Å²) in [6.07, 6.45) is 0. The van der Waals surface area contributed by atoms with Gasteiger partial charge in [0.1, 0.15) is 22.2 Å². The smallest absolute Gasteiger partial charge is 0.274 e. The van der Waals surface area contributed by atoms with E-state index >= 15 is 0 Å². The second-order valence-electron chi connectivity index (χ2n) is 7.24. The average Bonchev–Trinajstić information content (AvgIpc) is 3.14. The molecule has 0 aliphatic rings. The molecule has 0 atom stereocenters. The number of anilines is 1. The van der Waals surface area contributed by atoms with Crippen molar-refractivity contribution in [2.45, 2.75) is 11.8 Å². The zero-order valence-corrected chi connectivity index (χ0v) is 18.9. The number of carbonyl (C=O) groups excluding carboxylic acids is 1. The lowest BCUT2D eigenvalue weighted by molar-refractivity contribution is 0.101. The molecule has 168 valence electrons. The molecule has 10 nitrogen and oxygen atoms in total. The molecule has 0 bridgehead atoms. The minimum Gasteiger partial charge on any atom is -0.497 e. The molecule has 0 aliphatic heterocycles. The van der Waals surface area contributed by atoms with Crippen molar-refractivity contribution >= 4 is 27.5 Å². The Bertz CT molecular complexity index is 1280. The molecular weight excluding hydrogens is 432 g/mol. The maximum Gasteiger partial charge on any atom is 0.274 e. The summed E-state index contributed by atoms with van der Waals surface area (Å²) in [4.78, 5) is 14.5. The van der Waals surface area contributed by atoms with Crippen molar-refractivity contribution in [3.8, 4) is 11.4 Å². The fourth-order valence-electron chi connectivity index (χ4n) is 3.03. The van der Waals surface area contributed by atoms with Crippen LogP contribution < -0.4 is 15.2 Å². The largest absolute Gasteiger partial charge is 0.497 e. The number of aromatic nitrogens is 2. The number of ether oxygens (including phenoxy) is 1. The summed E-state index contributed by atoms with van der Waals surface area (Å²) in [5, 5.41) is 20.5. The first-order chi connectivity index (χ1) is 15.0. The number of hydrogen-bond acceptors (Lipinski definition) is 6. The maximum atomic E-state index is 13.0. The maximum absolute atomic E-state index is 13.0. The zero-order valence-electron chi connectivity index (χ0n) is 18.1. The number of amidine groups is 1. The van der Waals surface area contributed by atoms with Crippen molar-refractivity contribution in [2.75, 3.05) is 26.5 Å². The molecule has 3 aromatic rings. The van der Waals surface area contributed by atoms with E-state index in [-0.39, 0.29) is 16.3 Å². The second kappa shape index (κ2) is 8.81. The van der Waals surface area contributed by atoms with E-state index < -0.39 is 15.9 Å². The van der Waals surface area contributed by atoms with Gasteiger partial charge in [0.05, 0.1) is 18.5 Å². The minimum absolute atomic E-state index is 0.126. The van der Waals surface area contributed by atoms with Gasteiger partial charge in [0.2, 0.25) is 10.0 Å². The van der Waals surface area contributed by atoms with Gasteiger partial charge < -0.3 is 15.0 Å². The lowest BCUT2D eigenvalue weighted by Crippen LogP contribution is -2.22. The average molecular weight is 457 g/mol. The lowest BCUT2D eigenvalue weighted by Gasteiger charge is -2.14. The molecule has 0 spiro atoms. The van der Waals surface area contributed by atoms with Crippen molar-refractivity contribution in [1.82, 2.24) is 14.7 Å². The predicted molar refractivity (Wildman–Crippen MR) is 121 cm³/mol. The SMILES string of the molecule is COc1ccc(-n2nc(C)cc2C(=O)Nc2ccc(C(=N)N(C)C)cc2)c(S(N)(=O)=O)c1. The van der Waals surface area contributed by atoms with Gasteiger partial charge in [-0.1, -0.05) is 0 Å². The highest BCUT2D eigenvalue weighted by atomic mass is 32.2. The quantitative estimate of drug-likeness (QED) is 0.382. The van der Waals surface area contributed by atoms with Crippen molar-refractivity contribution in [2.24, 2.45) is 5.14 Å². The van der Waals surface area contributed by atoms with E-state index in [0.29, 0.717) is 28.5 Å². The van der Waals surface area contributed by atoms with Crippen molar-refractivity contribution in [3.05, 3.63) is 65.5 Å². The Kier molecular flexibility index (Phi) is 6.32. The number of methoxy groups -OCH3 is 1. The van der Waals surface area contributed by atoms with Gasteiger partial charge in [-0.15, -0.1) is 0 Å². The lowest BCUT2D eigenvalue weighted by atomic mass is 10.1. The number of aryl methyl sites for hydroxylation is 1. The molecular formula is C21H24N6O4S. The molecule has 3 rings (SSSR count). The third-order valence-electron chi connectivity index (χ3n) is 4.63. The summed E-state index contributed by atoms with van der Waals surface area (Å²) < 4.78 is 30.7. The van der Waals surface area contributed by atoms with Crippen LogP contribution in [0.3, 0.4) is 0 Å². The fraction of sp³-hybridized carbons (Fsp3) is 0.190. The van der Waals surface area contributed by atoms with E-state index in [9.17, 15) is 13.2 Å². The van der Waals surface area contributed by atoms with Gasteiger partial charge in [-0.25, -0.2) is 18.2 Å². The van der Waals surface area contributed by atoms with E-state index in [1.54, 1.807) is 62.3 Å². The van der Waals surface area contributed by atoms with Crippen LogP contribution in [0.1, 0.15) is 21.7 Å². The summed E-state index contributed by atoms with van der Waals surface area (Å²) in [5.74, 6) is 0.153. The monoisotopic (exact) mass is 456 g/mol. The highest BCUT2D eigenvalue weighted by molar-refractivity contribution is 7.89. The Balaban J connectivity index is 1.97. The van der Waals surface area contributed by atoms with E-state index in [1.165, 1.54) is 23.9 Å². The first-order valence-corrected chi connectivity index (χ1v) is 11.0.